The molecule has 0 unspecified atom stereocenters. The molecule has 1 heterocycles. The Hall–Kier alpha value is -1.76. The number of methoxy groups -OCH3 is 1. The average molecular weight is 340 g/mol. The van der Waals surface area contributed by atoms with Crippen LogP contribution in [0.15, 0.2) is 12.1 Å². The lowest BCUT2D eigenvalue weighted by Crippen LogP contribution is -2.38. The largest absolute Gasteiger partial charge is 0.496 e. The molecule has 7 heteroatoms. The fourth-order valence-corrected chi connectivity index (χ4v) is 4.47. The summed E-state index contributed by atoms with van der Waals surface area (Å²) in [6, 6.07) is 3.52. The van der Waals surface area contributed by atoms with E-state index in [2.05, 4.69) is 5.32 Å². The normalized spacial score (nSPS) is 20.7. The molecule has 0 aliphatic carbocycles. The van der Waals surface area contributed by atoms with Gasteiger partial charge in [-0.25, -0.2) is 13.2 Å². The Morgan fingerprint density at radius 2 is 2.04 bits per heavy atom. The van der Waals surface area contributed by atoms with E-state index in [-0.39, 0.29) is 30.0 Å². The zero-order chi connectivity index (χ0) is 17.2. The van der Waals surface area contributed by atoms with Gasteiger partial charge in [-0.2, -0.15) is 0 Å². The first-order chi connectivity index (χ1) is 10.7. The maximum absolute atomic E-state index is 12.5. The van der Waals surface area contributed by atoms with Gasteiger partial charge in [0, 0.05) is 24.3 Å². The lowest BCUT2D eigenvalue weighted by Gasteiger charge is -2.23. The second-order valence-corrected chi connectivity index (χ2v) is 8.46. The third-order valence-electron chi connectivity index (χ3n) is 4.00. The third-order valence-corrected chi connectivity index (χ3v) is 5.88. The number of sulfone groups is 1. The van der Waals surface area contributed by atoms with Gasteiger partial charge < -0.3 is 15.0 Å². The van der Waals surface area contributed by atoms with E-state index in [9.17, 15) is 13.2 Å². The van der Waals surface area contributed by atoms with Crippen LogP contribution >= 0.6 is 0 Å². The van der Waals surface area contributed by atoms with Gasteiger partial charge in [-0.05, 0) is 37.5 Å². The van der Waals surface area contributed by atoms with Gasteiger partial charge in [0.1, 0.15) is 5.75 Å². The van der Waals surface area contributed by atoms with Crippen molar-refractivity contribution in [3.63, 3.8) is 0 Å². The van der Waals surface area contributed by atoms with Crippen LogP contribution in [-0.2, 0) is 9.84 Å². The van der Waals surface area contributed by atoms with Crippen LogP contribution in [0.5, 0.6) is 5.75 Å². The summed E-state index contributed by atoms with van der Waals surface area (Å²) < 4.78 is 28.9. The summed E-state index contributed by atoms with van der Waals surface area (Å²) in [6.45, 7) is 6.32. The molecule has 128 valence electrons. The number of aryl methyl sites for hydroxylation is 1. The van der Waals surface area contributed by atoms with Crippen molar-refractivity contribution < 1.29 is 17.9 Å². The number of amides is 2. The van der Waals surface area contributed by atoms with Crippen LogP contribution < -0.4 is 10.1 Å². The quantitative estimate of drug-likeness (QED) is 0.895. The Balaban J connectivity index is 2.17. The van der Waals surface area contributed by atoms with E-state index in [0.29, 0.717) is 18.0 Å². The molecule has 0 saturated carbocycles. The Bertz CT molecular complexity index is 700. The number of ether oxygens (including phenoxy) is 1. The van der Waals surface area contributed by atoms with Gasteiger partial charge in [-0.15, -0.1) is 0 Å². The van der Waals surface area contributed by atoms with Gasteiger partial charge in [0.05, 0.1) is 18.6 Å². The van der Waals surface area contributed by atoms with E-state index >= 15 is 0 Å². The van der Waals surface area contributed by atoms with Crippen molar-refractivity contribution in [2.24, 2.45) is 5.92 Å². The van der Waals surface area contributed by atoms with Gasteiger partial charge in [-0.3, -0.25) is 0 Å². The highest BCUT2D eigenvalue weighted by Gasteiger charge is 2.27. The molecule has 1 aromatic rings. The maximum Gasteiger partial charge on any atom is 0.321 e. The molecule has 23 heavy (non-hydrogen) atoms. The standard InChI is InChI=1S/C16H24N2O4S/c1-11-7-14(13(3)15(8-11)22-4)17-16(19)18-5-6-23(20,21)10-12(2)9-18/h7-8,12H,5-6,9-10H2,1-4H3,(H,17,19)/t12-/m0/s1. The molecular weight excluding hydrogens is 316 g/mol. The summed E-state index contributed by atoms with van der Waals surface area (Å²) in [4.78, 5) is 14.1. The number of nitrogens with zero attached hydrogens (tertiary/aromatic N) is 1. The van der Waals surface area contributed by atoms with Gasteiger partial charge in [-0.1, -0.05) is 6.92 Å². The predicted octanol–water partition coefficient (Wildman–Crippen LogP) is 2.21. The highest BCUT2D eigenvalue weighted by Crippen LogP contribution is 2.28. The monoisotopic (exact) mass is 340 g/mol. The second kappa shape index (κ2) is 6.78. The predicted molar refractivity (Wildman–Crippen MR) is 90.9 cm³/mol. The molecule has 1 saturated heterocycles. The summed E-state index contributed by atoms with van der Waals surface area (Å²) in [5.41, 5.74) is 2.52. The van der Waals surface area contributed by atoms with Gasteiger partial charge in [0.15, 0.2) is 9.84 Å². The average Bonchev–Trinajstić information content (AvgIpc) is 2.59. The number of hydrogen-bond acceptors (Lipinski definition) is 4. The minimum absolute atomic E-state index is 0.0148. The van der Waals surface area contributed by atoms with E-state index in [0.717, 1.165) is 11.1 Å². The molecule has 2 rings (SSSR count). The molecule has 6 nitrogen and oxygen atoms in total. The first kappa shape index (κ1) is 17.6. The van der Waals surface area contributed by atoms with Crippen molar-refractivity contribution in [2.75, 3.05) is 37.0 Å². The number of benzene rings is 1. The molecule has 1 aromatic carbocycles. The molecule has 1 atom stereocenters. The fourth-order valence-electron chi connectivity index (χ4n) is 2.83. The fraction of sp³-hybridized carbons (Fsp3) is 0.562. The van der Waals surface area contributed by atoms with E-state index in [1.54, 1.807) is 12.0 Å². The van der Waals surface area contributed by atoms with Crippen molar-refractivity contribution in [1.82, 2.24) is 4.90 Å². The second-order valence-electron chi connectivity index (χ2n) is 6.24. The third kappa shape index (κ3) is 4.37. The van der Waals surface area contributed by atoms with Crippen molar-refractivity contribution in [1.29, 1.82) is 0 Å². The summed E-state index contributed by atoms with van der Waals surface area (Å²) in [5.74, 6) is 0.795. The molecule has 1 aliphatic heterocycles. The molecule has 1 fully saturated rings. The SMILES string of the molecule is COc1cc(C)cc(NC(=O)N2CCS(=O)(=O)C[C@@H](C)C2)c1C. The number of rotatable bonds is 2. The zero-order valence-corrected chi connectivity index (χ0v) is 14.9. The molecule has 0 radical (unpaired) electrons. The van der Waals surface area contributed by atoms with Gasteiger partial charge in [0.25, 0.3) is 0 Å². The number of carbonyl (C=O) groups is 1. The Kier molecular flexibility index (Phi) is 5.19. The zero-order valence-electron chi connectivity index (χ0n) is 14.0. The summed E-state index contributed by atoms with van der Waals surface area (Å²) in [6.07, 6.45) is 0. The molecule has 0 bridgehead atoms. The van der Waals surface area contributed by atoms with Crippen LogP contribution in [0.2, 0.25) is 0 Å². The first-order valence-electron chi connectivity index (χ1n) is 7.63. The Labute approximate surface area is 137 Å². The maximum atomic E-state index is 12.5. The van der Waals surface area contributed by atoms with Crippen LogP contribution in [0.1, 0.15) is 18.1 Å². The van der Waals surface area contributed by atoms with E-state index in [1.165, 1.54) is 0 Å². The molecular formula is C16H24N2O4S. The number of urea groups is 1. The summed E-state index contributed by atoms with van der Waals surface area (Å²) in [5, 5.41) is 2.88. The van der Waals surface area contributed by atoms with Gasteiger partial charge >= 0.3 is 6.03 Å². The molecule has 2 amide bonds. The lowest BCUT2D eigenvalue weighted by atomic mass is 10.1. The topological polar surface area (TPSA) is 75.7 Å². The minimum Gasteiger partial charge on any atom is -0.496 e. The molecule has 0 spiro atoms. The molecule has 1 aliphatic rings. The smallest absolute Gasteiger partial charge is 0.321 e. The van der Waals surface area contributed by atoms with Crippen LogP contribution in [0.3, 0.4) is 0 Å². The highest BCUT2D eigenvalue weighted by atomic mass is 32.2. The van der Waals surface area contributed by atoms with Crippen LogP contribution in [0, 0.1) is 19.8 Å². The number of anilines is 1. The molecule has 1 N–H and O–H groups in total. The minimum atomic E-state index is -3.07. The highest BCUT2D eigenvalue weighted by molar-refractivity contribution is 7.91. The summed E-state index contributed by atoms with van der Waals surface area (Å²) in [7, 11) is -1.48. The van der Waals surface area contributed by atoms with Crippen molar-refractivity contribution in [3.8, 4) is 5.75 Å². The number of hydrogen-bond donors (Lipinski definition) is 1. The van der Waals surface area contributed by atoms with Crippen molar-refractivity contribution >= 4 is 21.6 Å². The Morgan fingerprint density at radius 3 is 2.70 bits per heavy atom. The van der Waals surface area contributed by atoms with Gasteiger partial charge in [0.2, 0.25) is 0 Å². The van der Waals surface area contributed by atoms with Crippen LogP contribution in [0.4, 0.5) is 10.5 Å². The van der Waals surface area contributed by atoms with Crippen molar-refractivity contribution in [2.45, 2.75) is 20.8 Å². The van der Waals surface area contributed by atoms with E-state index in [1.807, 2.05) is 32.9 Å². The number of nitrogens with one attached hydrogen (secondary N) is 1. The first-order valence-corrected chi connectivity index (χ1v) is 9.45. The Morgan fingerprint density at radius 1 is 1.35 bits per heavy atom. The van der Waals surface area contributed by atoms with E-state index < -0.39 is 9.84 Å². The van der Waals surface area contributed by atoms with E-state index in [4.69, 9.17) is 4.74 Å². The van der Waals surface area contributed by atoms with Crippen LogP contribution in [0.25, 0.3) is 0 Å². The van der Waals surface area contributed by atoms with Crippen LogP contribution in [-0.4, -0.2) is 51.1 Å². The molecule has 0 aromatic heterocycles. The lowest BCUT2D eigenvalue weighted by molar-refractivity contribution is 0.210. The van der Waals surface area contributed by atoms with Crippen molar-refractivity contribution in [3.05, 3.63) is 23.3 Å². The number of carbonyl (C=O) groups excluding carboxylic acids is 1. The summed E-state index contributed by atoms with van der Waals surface area (Å²) >= 11 is 0.